The first-order valence-corrected chi connectivity index (χ1v) is 5.28. The zero-order chi connectivity index (χ0) is 12.3. The molecule has 0 aromatic rings. The van der Waals surface area contributed by atoms with Gasteiger partial charge in [0.05, 0.1) is 0 Å². The van der Waals surface area contributed by atoms with E-state index >= 15 is 0 Å². The summed E-state index contributed by atoms with van der Waals surface area (Å²) in [5.41, 5.74) is -1.18. The van der Waals surface area contributed by atoms with E-state index in [1.807, 2.05) is 6.92 Å². The number of imide groups is 2. The SMILES string of the molecule is C/C=C/[C@@H](C)C1(CC)C(=O)NC(=O)NC1=O. The Morgan fingerprint density at radius 3 is 2.12 bits per heavy atom. The molecule has 4 amide bonds. The van der Waals surface area contributed by atoms with Gasteiger partial charge in [-0.15, -0.1) is 0 Å². The van der Waals surface area contributed by atoms with Crippen LogP contribution < -0.4 is 10.6 Å². The molecule has 0 unspecified atom stereocenters. The van der Waals surface area contributed by atoms with Crippen molar-refractivity contribution >= 4 is 17.8 Å². The second-order valence-corrected chi connectivity index (χ2v) is 3.88. The highest BCUT2D eigenvalue weighted by Gasteiger charge is 2.51. The van der Waals surface area contributed by atoms with Crippen LogP contribution in [0, 0.1) is 11.3 Å². The van der Waals surface area contributed by atoms with Gasteiger partial charge in [0.15, 0.2) is 0 Å². The van der Waals surface area contributed by atoms with E-state index in [9.17, 15) is 14.4 Å². The number of urea groups is 1. The quantitative estimate of drug-likeness (QED) is 0.554. The maximum atomic E-state index is 11.9. The van der Waals surface area contributed by atoms with Gasteiger partial charge in [-0.3, -0.25) is 20.2 Å². The van der Waals surface area contributed by atoms with Crippen molar-refractivity contribution in [1.82, 2.24) is 10.6 Å². The Kier molecular flexibility index (Phi) is 3.47. The molecule has 1 atom stereocenters. The van der Waals surface area contributed by atoms with Gasteiger partial charge >= 0.3 is 6.03 Å². The van der Waals surface area contributed by atoms with Gasteiger partial charge in [0.25, 0.3) is 0 Å². The number of hydrogen-bond acceptors (Lipinski definition) is 3. The molecular formula is C11H16N2O3. The zero-order valence-corrected chi connectivity index (χ0v) is 9.66. The van der Waals surface area contributed by atoms with Gasteiger partial charge in [-0.05, 0) is 19.3 Å². The van der Waals surface area contributed by atoms with Crippen LogP contribution in [0.5, 0.6) is 0 Å². The van der Waals surface area contributed by atoms with Crippen LogP contribution in [0.1, 0.15) is 27.2 Å². The fourth-order valence-electron chi connectivity index (χ4n) is 2.07. The predicted molar refractivity (Wildman–Crippen MR) is 58.4 cm³/mol. The summed E-state index contributed by atoms with van der Waals surface area (Å²) in [6.07, 6.45) is 3.93. The van der Waals surface area contributed by atoms with Crippen LogP contribution in [0.15, 0.2) is 12.2 Å². The molecule has 1 rings (SSSR count). The fraction of sp³-hybridized carbons (Fsp3) is 0.545. The first-order valence-electron chi connectivity index (χ1n) is 5.28. The molecule has 0 bridgehead atoms. The molecule has 1 aliphatic heterocycles. The summed E-state index contributed by atoms with van der Waals surface area (Å²) >= 11 is 0. The Morgan fingerprint density at radius 1 is 1.25 bits per heavy atom. The number of allylic oxidation sites excluding steroid dienone is 2. The number of carbonyl (C=O) groups excluding carboxylic acids is 3. The highest BCUT2D eigenvalue weighted by Crippen LogP contribution is 2.34. The van der Waals surface area contributed by atoms with Crippen molar-refractivity contribution in [2.24, 2.45) is 11.3 Å². The highest BCUT2D eigenvalue weighted by atomic mass is 16.2. The Labute approximate surface area is 94.3 Å². The summed E-state index contributed by atoms with van der Waals surface area (Å²) in [5.74, 6) is -1.29. The van der Waals surface area contributed by atoms with Crippen molar-refractivity contribution in [1.29, 1.82) is 0 Å². The van der Waals surface area contributed by atoms with E-state index < -0.39 is 23.3 Å². The van der Waals surface area contributed by atoms with E-state index in [-0.39, 0.29) is 5.92 Å². The van der Waals surface area contributed by atoms with Gasteiger partial charge in [-0.2, -0.15) is 0 Å². The largest absolute Gasteiger partial charge is 0.328 e. The first kappa shape index (κ1) is 12.4. The van der Waals surface area contributed by atoms with Crippen LogP contribution in [0.2, 0.25) is 0 Å². The van der Waals surface area contributed by atoms with Crippen molar-refractivity contribution in [3.05, 3.63) is 12.2 Å². The summed E-state index contributed by atoms with van der Waals surface area (Å²) in [6, 6.07) is -0.744. The van der Waals surface area contributed by atoms with E-state index in [4.69, 9.17) is 0 Å². The number of amides is 4. The number of carbonyl (C=O) groups is 3. The Balaban J connectivity index is 3.15. The third-order valence-electron chi connectivity index (χ3n) is 3.08. The summed E-state index contributed by atoms with van der Waals surface area (Å²) in [7, 11) is 0. The molecule has 1 heterocycles. The number of rotatable bonds is 3. The van der Waals surface area contributed by atoms with Crippen molar-refractivity contribution < 1.29 is 14.4 Å². The molecule has 0 aromatic carbocycles. The van der Waals surface area contributed by atoms with Gasteiger partial charge in [-0.25, -0.2) is 4.79 Å². The third kappa shape index (κ3) is 1.73. The average Bonchev–Trinajstić information content (AvgIpc) is 2.18. The monoisotopic (exact) mass is 224 g/mol. The molecule has 1 saturated heterocycles. The summed E-state index contributed by atoms with van der Waals surface area (Å²) < 4.78 is 0. The van der Waals surface area contributed by atoms with Gasteiger partial charge in [0, 0.05) is 0 Å². The van der Waals surface area contributed by atoms with Crippen molar-refractivity contribution in [3.8, 4) is 0 Å². The molecule has 0 radical (unpaired) electrons. The maximum Gasteiger partial charge on any atom is 0.328 e. The number of nitrogens with one attached hydrogen (secondary N) is 2. The first-order chi connectivity index (χ1) is 7.48. The van der Waals surface area contributed by atoms with Gasteiger partial charge < -0.3 is 0 Å². The summed E-state index contributed by atoms with van der Waals surface area (Å²) in [4.78, 5) is 34.7. The second-order valence-electron chi connectivity index (χ2n) is 3.88. The van der Waals surface area contributed by atoms with Crippen LogP contribution in [-0.2, 0) is 9.59 Å². The predicted octanol–water partition coefficient (Wildman–Crippen LogP) is 0.961. The lowest BCUT2D eigenvalue weighted by molar-refractivity contribution is -0.147. The average molecular weight is 224 g/mol. The molecule has 5 heteroatoms. The third-order valence-corrected chi connectivity index (χ3v) is 3.08. The van der Waals surface area contributed by atoms with Crippen LogP contribution in [0.4, 0.5) is 4.79 Å². The molecule has 1 aliphatic rings. The van der Waals surface area contributed by atoms with Crippen LogP contribution in [0.25, 0.3) is 0 Å². The highest BCUT2D eigenvalue weighted by molar-refractivity contribution is 6.19. The summed E-state index contributed by atoms with van der Waals surface area (Å²) in [5, 5.41) is 4.29. The minimum atomic E-state index is -1.18. The zero-order valence-electron chi connectivity index (χ0n) is 9.66. The molecule has 0 aliphatic carbocycles. The molecular weight excluding hydrogens is 208 g/mol. The molecule has 0 spiro atoms. The van der Waals surface area contributed by atoms with Crippen LogP contribution in [-0.4, -0.2) is 17.8 Å². The van der Waals surface area contributed by atoms with E-state index in [2.05, 4.69) is 10.6 Å². The summed E-state index contributed by atoms with van der Waals surface area (Å²) in [6.45, 7) is 5.37. The van der Waals surface area contributed by atoms with Crippen LogP contribution in [0.3, 0.4) is 0 Å². The second kappa shape index (κ2) is 4.47. The number of barbiturate groups is 1. The van der Waals surface area contributed by atoms with Gasteiger partial charge in [0.2, 0.25) is 11.8 Å². The lowest BCUT2D eigenvalue weighted by Crippen LogP contribution is -2.64. The smallest absolute Gasteiger partial charge is 0.277 e. The van der Waals surface area contributed by atoms with Gasteiger partial charge in [-0.1, -0.05) is 26.0 Å². The Bertz CT molecular complexity index is 340. The van der Waals surface area contributed by atoms with E-state index in [1.165, 1.54) is 0 Å². The lowest BCUT2D eigenvalue weighted by Gasteiger charge is -2.36. The van der Waals surface area contributed by atoms with Gasteiger partial charge in [0.1, 0.15) is 5.41 Å². The van der Waals surface area contributed by atoms with E-state index in [0.29, 0.717) is 6.42 Å². The normalized spacial score (nSPS) is 21.8. The van der Waals surface area contributed by atoms with Crippen LogP contribution >= 0.6 is 0 Å². The maximum absolute atomic E-state index is 11.9. The van der Waals surface area contributed by atoms with E-state index in [1.54, 1.807) is 26.0 Å². The Morgan fingerprint density at radius 2 is 1.75 bits per heavy atom. The van der Waals surface area contributed by atoms with Crippen molar-refractivity contribution in [2.45, 2.75) is 27.2 Å². The molecule has 2 N–H and O–H groups in total. The molecule has 0 saturated carbocycles. The van der Waals surface area contributed by atoms with E-state index in [0.717, 1.165) is 0 Å². The lowest BCUT2D eigenvalue weighted by atomic mass is 9.71. The fourth-order valence-corrected chi connectivity index (χ4v) is 2.07. The molecule has 0 aromatic heterocycles. The molecule has 16 heavy (non-hydrogen) atoms. The van der Waals surface area contributed by atoms with Crippen molar-refractivity contribution in [2.75, 3.05) is 0 Å². The standard InChI is InChI=1S/C11H16N2O3/c1-4-6-7(3)11(5-2)8(14)12-10(16)13-9(11)15/h4,6-7H,5H2,1-3H3,(H2,12,13,14,15,16)/b6-4+/t7-/m1/s1. The molecule has 5 nitrogen and oxygen atoms in total. The Hall–Kier alpha value is -1.65. The van der Waals surface area contributed by atoms with Crippen molar-refractivity contribution in [3.63, 3.8) is 0 Å². The number of hydrogen-bond donors (Lipinski definition) is 2. The topological polar surface area (TPSA) is 75.3 Å². The molecule has 88 valence electrons. The minimum absolute atomic E-state index is 0.254. The molecule has 1 fully saturated rings. The minimum Gasteiger partial charge on any atom is -0.277 e.